The van der Waals surface area contributed by atoms with Gasteiger partial charge in [0.15, 0.2) is 0 Å². The van der Waals surface area contributed by atoms with E-state index < -0.39 is 0 Å². The molecule has 18 heavy (non-hydrogen) atoms. The van der Waals surface area contributed by atoms with Gasteiger partial charge in [-0.3, -0.25) is 0 Å². The molecule has 2 N–H and O–H groups in total. The molecule has 0 aliphatic carbocycles. The molecule has 0 unspecified atom stereocenters. The van der Waals surface area contributed by atoms with Crippen LogP contribution in [0.1, 0.15) is 25.8 Å². The third-order valence-electron chi connectivity index (χ3n) is 3.24. The first kappa shape index (κ1) is 12.9. The summed E-state index contributed by atoms with van der Waals surface area (Å²) in [5.41, 5.74) is 7.19. The molecular weight excluding hydrogens is 222 g/mol. The minimum atomic E-state index is -0.151. The summed E-state index contributed by atoms with van der Waals surface area (Å²) in [6.07, 6.45) is 1.88. The van der Waals surface area contributed by atoms with Crippen LogP contribution in [-0.2, 0) is 6.42 Å². The Morgan fingerprint density at radius 2 is 1.83 bits per heavy atom. The van der Waals surface area contributed by atoms with Crippen LogP contribution in [0.15, 0.2) is 36.4 Å². The van der Waals surface area contributed by atoms with Crippen LogP contribution in [0.3, 0.4) is 0 Å². The van der Waals surface area contributed by atoms with Crippen LogP contribution in [0, 0.1) is 0 Å². The SMILES string of the molecule is COc1ccc2ccccc2c1CCC(C)(C)N. The van der Waals surface area contributed by atoms with E-state index >= 15 is 0 Å². The van der Waals surface area contributed by atoms with Crippen molar-refractivity contribution in [3.8, 4) is 5.75 Å². The topological polar surface area (TPSA) is 35.2 Å². The highest BCUT2D eigenvalue weighted by molar-refractivity contribution is 5.87. The highest BCUT2D eigenvalue weighted by atomic mass is 16.5. The lowest BCUT2D eigenvalue weighted by Gasteiger charge is -2.20. The van der Waals surface area contributed by atoms with Crippen molar-refractivity contribution in [2.24, 2.45) is 5.73 Å². The number of ether oxygens (including phenoxy) is 1. The average molecular weight is 243 g/mol. The van der Waals surface area contributed by atoms with E-state index in [9.17, 15) is 0 Å². The maximum absolute atomic E-state index is 6.08. The van der Waals surface area contributed by atoms with Crippen molar-refractivity contribution in [1.82, 2.24) is 0 Å². The van der Waals surface area contributed by atoms with E-state index in [-0.39, 0.29) is 5.54 Å². The quantitative estimate of drug-likeness (QED) is 0.891. The minimum Gasteiger partial charge on any atom is -0.496 e. The first-order valence-electron chi connectivity index (χ1n) is 6.35. The fraction of sp³-hybridized carbons (Fsp3) is 0.375. The normalized spacial score (nSPS) is 11.8. The largest absolute Gasteiger partial charge is 0.496 e. The van der Waals surface area contributed by atoms with Gasteiger partial charge in [-0.15, -0.1) is 0 Å². The maximum Gasteiger partial charge on any atom is 0.122 e. The Bertz CT molecular complexity index is 540. The van der Waals surface area contributed by atoms with E-state index in [4.69, 9.17) is 10.5 Å². The smallest absolute Gasteiger partial charge is 0.122 e. The van der Waals surface area contributed by atoms with Crippen molar-refractivity contribution in [3.05, 3.63) is 42.0 Å². The number of fused-ring (bicyclic) bond motifs is 1. The first-order valence-corrected chi connectivity index (χ1v) is 6.35. The highest BCUT2D eigenvalue weighted by Gasteiger charge is 2.14. The van der Waals surface area contributed by atoms with E-state index in [0.29, 0.717) is 0 Å². The Labute approximate surface area is 109 Å². The predicted molar refractivity (Wildman–Crippen MR) is 77.1 cm³/mol. The van der Waals surface area contributed by atoms with E-state index in [1.165, 1.54) is 16.3 Å². The van der Waals surface area contributed by atoms with Crippen molar-refractivity contribution in [1.29, 1.82) is 0 Å². The molecular formula is C16H21NO. The highest BCUT2D eigenvalue weighted by Crippen LogP contribution is 2.29. The molecule has 0 aliphatic rings. The van der Waals surface area contributed by atoms with Gasteiger partial charge in [-0.05, 0) is 43.5 Å². The second-order valence-corrected chi connectivity index (χ2v) is 5.46. The zero-order valence-electron chi connectivity index (χ0n) is 11.4. The van der Waals surface area contributed by atoms with Gasteiger partial charge in [0, 0.05) is 11.1 Å². The van der Waals surface area contributed by atoms with E-state index in [1.54, 1.807) is 7.11 Å². The standard InChI is InChI=1S/C16H21NO/c1-16(2,17)11-10-14-13-7-5-4-6-12(13)8-9-15(14)18-3/h4-9H,10-11,17H2,1-3H3. The Morgan fingerprint density at radius 1 is 1.11 bits per heavy atom. The van der Waals surface area contributed by atoms with Crippen LogP contribution in [0.25, 0.3) is 10.8 Å². The molecule has 0 spiro atoms. The molecule has 2 aromatic rings. The monoisotopic (exact) mass is 243 g/mol. The predicted octanol–water partition coefficient (Wildman–Crippen LogP) is 3.52. The van der Waals surface area contributed by atoms with E-state index in [1.807, 2.05) is 6.07 Å². The van der Waals surface area contributed by atoms with Gasteiger partial charge < -0.3 is 10.5 Å². The van der Waals surface area contributed by atoms with Crippen molar-refractivity contribution in [2.45, 2.75) is 32.2 Å². The zero-order valence-corrected chi connectivity index (χ0v) is 11.4. The Hall–Kier alpha value is -1.54. The molecule has 0 bridgehead atoms. The molecule has 2 heteroatoms. The fourth-order valence-corrected chi connectivity index (χ4v) is 2.21. The third kappa shape index (κ3) is 2.82. The van der Waals surface area contributed by atoms with Gasteiger partial charge in [-0.1, -0.05) is 30.3 Å². The fourth-order valence-electron chi connectivity index (χ4n) is 2.21. The van der Waals surface area contributed by atoms with Gasteiger partial charge in [0.2, 0.25) is 0 Å². The lowest BCUT2D eigenvalue weighted by Crippen LogP contribution is -2.32. The van der Waals surface area contributed by atoms with Crippen molar-refractivity contribution < 1.29 is 4.74 Å². The molecule has 0 aliphatic heterocycles. The van der Waals surface area contributed by atoms with Gasteiger partial charge in [-0.2, -0.15) is 0 Å². The Kier molecular flexibility index (Phi) is 3.58. The molecule has 2 aromatic carbocycles. The van der Waals surface area contributed by atoms with Crippen LogP contribution >= 0.6 is 0 Å². The summed E-state index contributed by atoms with van der Waals surface area (Å²) in [7, 11) is 1.72. The lowest BCUT2D eigenvalue weighted by molar-refractivity contribution is 0.405. The molecule has 0 saturated heterocycles. The van der Waals surface area contributed by atoms with E-state index in [2.05, 4.69) is 44.2 Å². The van der Waals surface area contributed by atoms with Crippen LogP contribution in [0.5, 0.6) is 5.75 Å². The van der Waals surface area contributed by atoms with Gasteiger partial charge in [0.05, 0.1) is 7.11 Å². The van der Waals surface area contributed by atoms with Gasteiger partial charge in [0.1, 0.15) is 5.75 Å². The zero-order chi connectivity index (χ0) is 13.2. The van der Waals surface area contributed by atoms with Gasteiger partial charge >= 0.3 is 0 Å². The number of hydrogen-bond acceptors (Lipinski definition) is 2. The van der Waals surface area contributed by atoms with Crippen LogP contribution in [0.2, 0.25) is 0 Å². The van der Waals surface area contributed by atoms with Crippen molar-refractivity contribution >= 4 is 10.8 Å². The Balaban J connectivity index is 2.44. The molecule has 0 fully saturated rings. The summed E-state index contributed by atoms with van der Waals surface area (Å²) < 4.78 is 5.48. The second kappa shape index (κ2) is 4.99. The van der Waals surface area contributed by atoms with Gasteiger partial charge in [0.25, 0.3) is 0 Å². The summed E-state index contributed by atoms with van der Waals surface area (Å²) in [5.74, 6) is 0.956. The third-order valence-corrected chi connectivity index (χ3v) is 3.24. The van der Waals surface area contributed by atoms with Crippen LogP contribution in [0.4, 0.5) is 0 Å². The summed E-state index contributed by atoms with van der Waals surface area (Å²) in [6, 6.07) is 12.6. The molecule has 0 amide bonds. The number of methoxy groups -OCH3 is 1. The number of nitrogens with two attached hydrogens (primary N) is 1. The molecule has 0 aromatic heterocycles. The molecule has 0 radical (unpaired) electrons. The molecule has 2 nitrogen and oxygen atoms in total. The van der Waals surface area contributed by atoms with Gasteiger partial charge in [-0.25, -0.2) is 0 Å². The number of aryl methyl sites for hydroxylation is 1. The number of benzene rings is 2. The molecule has 0 heterocycles. The average Bonchev–Trinajstić information content (AvgIpc) is 2.34. The molecule has 0 atom stereocenters. The summed E-state index contributed by atoms with van der Waals surface area (Å²) in [4.78, 5) is 0. The minimum absolute atomic E-state index is 0.151. The van der Waals surface area contributed by atoms with Crippen LogP contribution in [-0.4, -0.2) is 12.6 Å². The van der Waals surface area contributed by atoms with Crippen LogP contribution < -0.4 is 10.5 Å². The van der Waals surface area contributed by atoms with E-state index in [0.717, 1.165) is 18.6 Å². The first-order chi connectivity index (χ1) is 8.51. The van der Waals surface area contributed by atoms with Crippen molar-refractivity contribution in [3.63, 3.8) is 0 Å². The molecule has 2 rings (SSSR count). The van der Waals surface area contributed by atoms with Crippen molar-refractivity contribution in [2.75, 3.05) is 7.11 Å². The maximum atomic E-state index is 6.08. The Morgan fingerprint density at radius 3 is 2.50 bits per heavy atom. The molecule has 0 saturated carbocycles. The lowest BCUT2D eigenvalue weighted by atomic mass is 9.93. The number of hydrogen-bond donors (Lipinski definition) is 1. The summed E-state index contributed by atoms with van der Waals surface area (Å²) >= 11 is 0. The second-order valence-electron chi connectivity index (χ2n) is 5.46. The summed E-state index contributed by atoms with van der Waals surface area (Å²) in [6.45, 7) is 4.12. The molecule has 96 valence electrons. The number of rotatable bonds is 4. The summed E-state index contributed by atoms with van der Waals surface area (Å²) in [5, 5.41) is 2.52.